The number of carbonyl (C=O) groups excluding carboxylic acids is 3. The minimum atomic E-state index is -0.822. The van der Waals surface area contributed by atoms with Crippen LogP contribution in [0.2, 0.25) is 0 Å². The molecule has 0 spiro atoms. The summed E-state index contributed by atoms with van der Waals surface area (Å²) < 4.78 is 16.8. The van der Waals surface area contributed by atoms with Crippen molar-refractivity contribution in [2.45, 2.75) is 271 Å². The molecule has 6 nitrogen and oxygen atoms in total. The molecule has 0 heterocycles. The number of esters is 3. The molecule has 0 aliphatic heterocycles. The predicted molar refractivity (Wildman–Crippen MR) is 297 cm³/mol. The number of rotatable bonds is 51. The van der Waals surface area contributed by atoms with E-state index in [1.165, 1.54) is 116 Å². The molecule has 0 bridgehead atoms. The Kier molecular flexibility index (Phi) is 53.9. The van der Waals surface area contributed by atoms with Crippen LogP contribution in [0.1, 0.15) is 265 Å². The van der Waals surface area contributed by atoms with E-state index in [2.05, 4.69) is 118 Å². The molecule has 0 aromatic rings. The van der Waals surface area contributed by atoms with Gasteiger partial charge in [0.2, 0.25) is 0 Å². The highest BCUT2D eigenvalue weighted by molar-refractivity contribution is 5.71. The molecule has 394 valence electrons. The Bertz CT molecular complexity index is 1380. The Morgan fingerprint density at radius 1 is 0.304 bits per heavy atom. The lowest BCUT2D eigenvalue weighted by Crippen LogP contribution is -2.30. The molecule has 0 radical (unpaired) electrons. The highest BCUT2D eigenvalue weighted by Crippen LogP contribution is 2.14. The minimum absolute atomic E-state index is 0.113. The summed E-state index contributed by atoms with van der Waals surface area (Å²) >= 11 is 0. The normalized spacial score (nSPS) is 12.8. The van der Waals surface area contributed by atoms with Gasteiger partial charge in [0.15, 0.2) is 6.10 Å². The van der Waals surface area contributed by atoms with E-state index in [0.717, 1.165) is 103 Å². The van der Waals surface area contributed by atoms with Crippen LogP contribution in [-0.4, -0.2) is 37.2 Å². The maximum absolute atomic E-state index is 12.8. The van der Waals surface area contributed by atoms with Crippen molar-refractivity contribution in [1.29, 1.82) is 0 Å². The topological polar surface area (TPSA) is 78.9 Å². The third kappa shape index (κ3) is 55.1. The van der Waals surface area contributed by atoms with E-state index in [1.54, 1.807) is 0 Å². The molecule has 0 aromatic carbocycles. The van der Waals surface area contributed by atoms with E-state index >= 15 is 0 Å². The molecule has 0 aliphatic rings. The Morgan fingerprint density at radius 2 is 0.580 bits per heavy atom. The van der Waals surface area contributed by atoms with E-state index in [4.69, 9.17) is 14.2 Å². The Balaban J connectivity index is 4.52. The average molecular weight is 960 g/mol. The summed E-state index contributed by atoms with van der Waals surface area (Å²) in [6.07, 6.45) is 75.5. The van der Waals surface area contributed by atoms with Crippen LogP contribution in [-0.2, 0) is 28.6 Å². The van der Waals surface area contributed by atoms with Crippen molar-refractivity contribution in [3.8, 4) is 0 Å². The monoisotopic (exact) mass is 959 g/mol. The van der Waals surface area contributed by atoms with Crippen molar-refractivity contribution < 1.29 is 28.6 Å². The fourth-order valence-electron chi connectivity index (χ4n) is 7.74. The zero-order chi connectivity index (χ0) is 50.0. The summed E-state index contributed by atoms with van der Waals surface area (Å²) in [7, 11) is 0. The standard InChI is InChI=1S/C63H106O6/c1-4-7-10-13-16-19-22-25-28-31-33-35-38-41-44-47-50-53-56-62(65)68-59-60(58-67-61(64)55-52-49-46-43-40-37-34-30-27-24-21-18-15-12-9-6-3)69-63(66)57-54-51-48-45-42-39-36-32-29-26-23-20-17-14-11-8-5-2/h9,12,18,21,26-27,29-30,33,35-37,39-40,45,48,60H,4-8,10-11,13-17,19-20,22-25,28,31-32,34,38,41-44,46-47,49-59H2,1-3H3/b12-9-,21-18-,29-26-,30-27-,35-33-,39-36-,40-37-,48-45-. The highest BCUT2D eigenvalue weighted by atomic mass is 16.6. The second-order valence-corrected chi connectivity index (χ2v) is 18.8. The molecule has 0 saturated carbocycles. The summed E-state index contributed by atoms with van der Waals surface area (Å²) in [5.41, 5.74) is 0. The smallest absolute Gasteiger partial charge is 0.306 e. The largest absolute Gasteiger partial charge is 0.462 e. The van der Waals surface area contributed by atoms with Crippen LogP contribution in [0.25, 0.3) is 0 Å². The van der Waals surface area contributed by atoms with Gasteiger partial charge in [-0.3, -0.25) is 14.4 Å². The molecule has 6 heteroatoms. The summed E-state index contributed by atoms with van der Waals surface area (Å²) in [6.45, 7) is 6.45. The van der Waals surface area contributed by atoms with Gasteiger partial charge in [-0.2, -0.15) is 0 Å². The molecule has 0 aromatic heterocycles. The third-order valence-electron chi connectivity index (χ3n) is 12.0. The van der Waals surface area contributed by atoms with Crippen LogP contribution in [0, 0.1) is 0 Å². The maximum atomic E-state index is 12.8. The zero-order valence-corrected chi connectivity index (χ0v) is 45.0. The van der Waals surface area contributed by atoms with Gasteiger partial charge in [-0.1, -0.05) is 227 Å². The molecule has 0 aliphatic carbocycles. The van der Waals surface area contributed by atoms with Crippen molar-refractivity contribution in [1.82, 2.24) is 0 Å². The first-order chi connectivity index (χ1) is 34.0. The second-order valence-electron chi connectivity index (χ2n) is 18.8. The van der Waals surface area contributed by atoms with E-state index in [1.807, 2.05) is 0 Å². The highest BCUT2D eigenvalue weighted by Gasteiger charge is 2.19. The predicted octanol–water partition coefficient (Wildman–Crippen LogP) is 19.3. The van der Waals surface area contributed by atoms with Crippen molar-refractivity contribution in [2.24, 2.45) is 0 Å². The third-order valence-corrected chi connectivity index (χ3v) is 12.0. The molecular formula is C63H106O6. The average Bonchev–Trinajstić information content (AvgIpc) is 3.35. The van der Waals surface area contributed by atoms with E-state index in [-0.39, 0.29) is 37.5 Å². The molecule has 0 fully saturated rings. The van der Waals surface area contributed by atoms with Crippen LogP contribution in [0.3, 0.4) is 0 Å². The second kappa shape index (κ2) is 56.9. The van der Waals surface area contributed by atoms with Crippen LogP contribution in [0.5, 0.6) is 0 Å². The van der Waals surface area contributed by atoms with Gasteiger partial charge in [0, 0.05) is 19.3 Å². The molecule has 0 N–H and O–H groups in total. The summed E-state index contributed by atoms with van der Waals surface area (Å²) in [6, 6.07) is 0. The number of unbranched alkanes of at least 4 members (excludes halogenated alkanes) is 24. The van der Waals surface area contributed by atoms with Crippen LogP contribution in [0.15, 0.2) is 97.2 Å². The molecule has 69 heavy (non-hydrogen) atoms. The quantitative estimate of drug-likeness (QED) is 0.0262. The van der Waals surface area contributed by atoms with Crippen LogP contribution < -0.4 is 0 Å². The van der Waals surface area contributed by atoms with Gasteiger partial charge in [0.1, 0.15) is 13.2 Å². The van der Waals surface area contributed by atoms with Gasteiger partial charge >= 0.3 is 17.9 Å². The number of ether oxygens (including phenoxy) is 3. The lowest BCUT2D eigenvalue weighted by atomic mass is 10.1. The van der Waals surface area contributed by atoms with Gasteiger partial charge < -0.3 is 14.2 Å². The first-order valence-electron chi connectivity index (χ1n) is 28.7. The first kappa shape index (κ1) is 65.3. The number of hydrogen-bond acceptors (Lipinski definition) is 6. The van der Waals surface area contributed by atoms with Crippen LogP contribution in [0.4, 0.5) is 0 Å². The maximum Gasteiger partial charge on any atom is 0.306 e. The van der Waals surface area contributed by atoms with Crippen molar-refractivity contribution in [3.63, 3.8) is 0 Å². The Labute approximate surface area is 426 Å². The molecular weight excluding hydrogens is 853 g/mol. The Hall–Kier alpha value is -3.67. The lowest BCUT2D eigenvalue weighted by molar-refractivity contribution is -0.167. The van der Waals surface area contributed by atoms with E-state index < -0.39 is 6.10 Å². The van der Waals surface area contributed by atoms with E-state index in [0.29, 0.717) is 19.3 Å². The Morgan fingerprint density at radius 3 is 0.957 bits per heavy atom. The van der Waals surface area contributed by atoms with Crippen molar-refractivity contribution >= 4 is 17.9 Å². The van der Waals surface area contributed by atoms with Gasteiger partial charge in [-0.25, -0.2) is 0 Å². The van der Waals surface area contributed by atoms with Crippen molar-refractivity contribution in [3.05, 3.63) is 97.2 Å². The number of hydrogen-bond donors (Lipinski definition) is 0. The fourth-order valence-corrected chi connectivity index (χ4v) is 7.74. The number of allylic oxidation sites excluding steroid dienone is 16. The summed E-state index contributed by atoms with van der Waals surface area (Å²) in [5.74, 6) is -1.00. The van der Waals surface area contributed by atoms with Gasteiger partial charge in [-0.05, 0) is 116 Å². The lowest BCUT2D eigenvalue weighted by Gasteiger charge is -2.18. The first-order valence-corrected chi connectivity index (χ1v) is 28.7. The fraction of sp³-hybridized carbons (Fsp3) is 0.698. The molecule has 1 atom stereocenters. The molecule has 0 saturated heterocycles. The minimum Gasteiger partial charge on any atom is -0.462 e. The molecule has 1 unspecified atom stereocenters. The number of carbonyl (C=O) groups is 3. The SMILES string of the molecule is CC/C=C\C/C=C\C/C=C\C/C=C\CCCCCC(=O)OCC(COC(=O)CCCCCCC/C=C\CCCCCCCCCCC)OC(=O)CCC/C=C\C/C=C\C/C=C\CCCCCCCC. The zero-order valence-electron chi connectivity index (χ0n) is 45.0. The van der Waals surface area contributed by atoms with Crippen LogP contribution >= 0.6 is 0 Å². The molecule has 0 amide bonds. The summed E-state index contributed by atoms with van der Waals surface area (Å²) in [4.78, 5) is 38.1. The van der Waals surface area contributed by atoms with Crippen molar-refractivity contribution in [2.75, 3.05) is 13.2 Å². The van der Waals surface area contributed by atoms with Gasteiger partial charge in [0.05, 0.1) is 0 Å². The van der Waals surface area contributed by atoms with Gasteiger partial charge in [-0.15, -0.1) is 0 Å². The van der Waals surface area contributed by atoms with E-state index in [9.17, 15) is 14.4 Å². The summed E-state index contributed by atoms with van der Waals surface area (Å²) in [5, 5.41) is 0. The van der Waals surface area contributed by atoms with Gasteiger partial charge in [0.25, 0.3) is 0 Å². The molecule has 0 rings (SSSR count).